The van der Waals surface area contributed by atoms with Gasteiger partial charge >= 0.3 is 5.97 Å². The van der Waals surface area contributed by atoms with Gasteiger partial charge in [-0.05, 0) is 84.9 Å². The maximum Gasteiger partial charge on any atom is 0.358 e. The third kappa shape index (κ3) is 13.2. The number of rotatable bonds is 18. The molecule has 8 rings (SSSR count). The van der Waals surface area contributed by atoms with Crippen molar-refractivity contribution in [1.29, 1.82) is 0 Å². The minimum absolute atomic E-state index is 0.204. The molecule has 0 spiro atoms. The molecule has 466 valence electrons. The van der Waals surface area contributed by atoms with Gasteiger partial charge in [0, 0.05) is 22.2 Å². The Labute approximate surface area is 494 Å². The highest BCUT2D eigenvalue weighted by Gasteiger charge is 2.32. The van der Waals surface area contributed by atoms with Crippen LogP contribution in [0.15, 0.2) is 166 Å². The number of azo groups is 4. The summed E-state index contributed by atoms with van der Waals surface area (Å²) in [6.07, 6.45) is 0. The largest absolute Gasteiger partial charge is 0.505 e. The molecule has 0 fully saturated rings. The lowest BCUT2D eigenvalue weighted by Crippen LogP contribution is -2.04. The SMILES string of the molecule is Nc1c(N=Nc2ccc3c(O)c(/N=N\c4ccc(N=Nc5c(C(=O)O)nn(-c6ccc(S(=O)(=O)O)cc6)c5O)c(S(=O)(=O)O)c4)c(S(=O)(=O)O)cc3c2S(=O)(=O)O)cc(S(=O)(=O)O)c2cc(S(=O)(=O)O)c(/N=N\c3ccc(S(=O)(=O)O)cc3[N+](=O)[O-])c(O)c12. The second-order valence-electron chi connectivity index (χ2n) is 17.3. The van der Waals surface area contributed by atoms with Crippen LogP contribution >= 0.6 is 0 Å². The first kappa shape index (κ1) is 65.1. The number of aromatic nitrogens is 2. The number of phenols is 2. The van der Waals surface area contributed by atoms with Gasteiger partial charge < -0.3 is 26.2 Å². The van der Waals surface area contributed by atoms with Gasteiger partial charge in [-0.15, -0.1) is 35.8 Å². The number of phenolic OH excluding ortho intramolecular Hbond substituents is 2. The summed E-state index contributed by atoms with van der Waals surface area (Å²) in [6.45, 7) is 0. The molecule has 7 aromatic carbocycles. The number of fused-ring (bicyclic) bond motifs is 2. The molecule has 0 amide bonds. The van der Waals surface area contributed by atoms with Crippen molar-refractivity contribution in [2.24, 2.45) is 40.9 Å². The van der Waals surface area contributed by atoms with E-state index in [9.17, 15) is 126 Å². The number of hydrogen-bond donors (Lipinski definition) is 12. The zero-order valence-corrected chi connectivity index (χ0v) is 48.1. The molecule has 0 saturated heterocycles. The van der Waals surface area contributed by atoms with Gasteiger partial charge in [0.05, 0.1) is 32.3 Å². The highest BCUT2D eigenvalue weighted by atomic mass is 32.2. The predicted molar refractivity (Wildman–Crippen MR) is 293 cm³/mol. The molecular weight excluding hydrogens is 1340 g/mol. The van der Waals surface area contributed by atoms with Crippen LogP contribution in [0.2, 0.25) is 0 Å². The fraction of sp³-hybridized carbons (Fsp3) is 0. The second kappa shape index (κ2) is 22.7. The van der Waals surface area contributed by atoms with Crippen LogP contribution in [0.4, 0.5) is 56.9 Å². The van der Waals surface area contributed by atoms with Crippen LogP contribution < -0.4 is 5.73 Å². The second-order valence-corrected chi connectivity index (χ2v) is 27.1. The summed E-state index contributed by atoms with van der Waals surface area (Å²) in [6, 6.07) is 9.24. The number of carbonyl (C=O) groups is 1. The lowest BCUT2D eigenvalue weighted by Gasteiger charge is -2.14. The smallest absolute Gasteiger partial charge is 0.358 e. The predicted octanol–water partition coefficient (Wildman–Crippen LogP) is 6.87. The molecule has 47 heteroatoms. The van der Waals surface area contributed by atoms with Gasteiger partial charge in [0.1, 0.15) is 57.8 Å². The molecule has 13 N–H and O–H groups in total. The average molecular weight is 1370 g/mol. The van der Waals surface area contributed by atoms with Crippen molar-refractivity contribution in [1.82, 2.24) is 9.78 Å². The van der Waals surface area contributed by atoms with Crippen molar-refractivity contribution in [3.05, 3.63) is 107 Å². The number of nitrogens with zero attached hydrogens (tertiary/aromatic N) is 11. The summed E-state index contributed by atoms with van der Waals surface area (Å²) < 4.78 is 245. The first-order valence-electron chi connectivity index (χ1n) is 22.4. The van der Waals surface area contributed by atoms with E-state index < -0.39 is 217 Å². The van der Waals surface area contributed by atoms with Gasteiger partial charge in [0.2, 0.25) is 11.6 Å². The Balaban J connectivity index is 1.23. The quantitative estimate of drug-likeness (QED) is 0.0137. The van der Waals surface area contributed by atoms with E-state index in [0.717, 1.165) is 42.5 Å². The number of hydrogen-bond acceptors (Lipinski definition) is 30. The third-order valence-corrected chi connectivity index (χ3v) is 17.9. The van der Waals surface area contributed by atoms with Crippen LogP contribution in [0.1, 0.15) is 10.5 Å². The van der Waals surface area contributed by atoms with E-state index in [2.05, 4.69) is 46.0 Å². The number of aromatic hydroxyl groups is 3. The Bertz CT molecular complexity index is 5450. The summed E-state index contributed by atoms with van der Waals surface area (Å²) in [5.74, 6) is -5.90. The number of aromatic carboxylic acids is 1. The zero-order chi connectivity index (χ0) is 66.2. The maximum absolute atomic E-state index is 13.1. The normalized spacial score (nSPS) is 13.2. The molecule has 0 atom stereocenters. The molecule has 40 nitrogen and oxygen atoms in total. The Morgan fingerprint density at radius 3 is 1.49 bits per heavy atom. The number of nitrogen functional groups attached to an aromatic ring is 1. The van der Waals surface area contributed by atoms with Gasteiger partial charge in [-0.2, -0.15) is 73.8 Å². The number of benzene rings is 7. The van der Waals surface area contributed by atoms with Crippen molar-refractivity contribution < 1.29 is 121 Å². The summed E-state index contributed by atoms with van der Waals surface area (Å²) in [7, 11) is -38.1. The summed E-state index contributed by atoms with van der Waals surface area (Å²) in [4.78, 5) is 13.7. The molecule has 0 unspecified atom stereocenters. The number of carboxylic acids is 1. The molecule has 89 heavy (non-hydrogen) atoms. The lowest BCUT2D eigenvalue weighted by molar-refractivity contribution is -0.384. The first-order chi connectivity index (χ1) is 40.9. The van der Waals surface area contributed by atoms with Crippen LogP contribution in [-0.4, -0.2) is 132 Å². The lowest BCUT2D eigenvalue weighted by atomic mass is 10.0. The molecule has 0 radical (unpaired) electrons. The number of nitro groups is 1. The van der Waals surface area contributed by atoms with Crippen LogP contribution in [0.5, 0.6) is 17.4 Å². The Kier molecular flexibility index (Phi) is 16.6. The molecule has 0 aliphatic carbocycles. The van der Waals surface area contributed by atoms with E-state index in [1.54, 1.807) is 0 Å². The Hall–Kier alpha value is -9.89. The van der Waals surface area contributed by atoms with Crippen LogP contribution in [0.25, 0.3) is 27.2 Å². The molecule has 0 aliphatic heterocycles. The number of nitrogens with two attached hydrogens (primary N) is 1. The van der Waals surface area contributed by atoms with Crippen molar-refractivity contribution in [2.75, 3.05) is 5.73 Å². The molecular formula is C42H28N12O28S7. The fourth-order valence-corrected chi connectivity index (χ4v) is 12.3. The van der Waals surface area contributed by atoms with Crippen molar-refractivity contribution >= 4 is 155 Å². The van der Waals surface area contributed by atoms with Gasteiger partial charge in [-0.3, -0.25) is 42.0 Å². The van der Waals surface area contributed by atoms with Crippen molar-refractivity contribution in [3.63, 3.8) is 0 Å². The highest BCUT2D eigenvalue weighted by Crippen LogP contribution is 2.50. The fourth-order valence-electron chi connectivity index (χ4n) is 7.87. The van der Waals surface area contributed by atoms with Gasteiger partial charge in [0.25, 0.3) is 76.5 Å². The molecule has 1 heterocycles. The van der Waals surface area contributed by atoms with E-state index in [1.807, 2.05) is 0 Å². The van der Waals surface area contributed by atoms with E-state index >= 15 is 0 Å². The first-order valence-corrected chi connectivity index (χ1v) is 32.5. The van der Waals surface area contributed by atoms with Crippen LogP contribution in [0.3, 0.4) is 0 Å². The monoisotopic (exact) mass is 1370 g/mol. The summed E-state index contributed by atoms with van der Waals surface area (Å²) in [5.41, 5.74) is -5.40. The molecule has 0 bridgehead atoms. The number of anilines is 1. The molecule has 1 aromatic heterocycles. The van der Waals surface area contributed by atoms with Gasteiger partial charge in [-0.25, -0.2) is 4.79 Å². The number of carboxylic acid groups (broad SMARTS) is 1. The zero-order valence-electron chi connectivity index (χ0n) is 42.4. The molecule has 8 aromatic rings. The third-order valence-electron chi connectivity index (χ3n) is 11.7. The topological polar surface area (TPSA) is 664 Å². The minimum atomic E-state index is -5.80. The molecule has 0 aliphatic rings. The van der Waals surface area contributed by atoms with E-state index in [1.165, 1.54) is 0 Å². The van der Waals surface area contributed by atoms with Crippen LogP contribution in [-0.2, 0) is 70.8 Å². The van der Waals surface area contributed by atoms with Crippen molar-refractivity contribution in [3.8, 4) is 23.1 Å². The van der Waals surface area contributed by atoms with E-state index in [4.69, 9.17) is 5.73 Å². The van der Waals surface area contributed by atoms with E-state index in [0.29, 0.717) is 35.0 Å². The Morgan fingerprint density at radius 2 is 0.955 bits per heavy atom. The summed E-state index contributed by atoms with van der Waals surface area (Å²) >= 11 is 0. The maximum atomic E-state index is 13.1. The number of nitro benzene ring substituents is 1. The van der Waals surface area contributed by atoms with E-state index in [-0.39, 0.29) is 23.9 Å². The minimum Gasteiger partial charge on any atom is -0.505 e. The van der Waals surface area contributed by atoms with Crippen LogP contribution in [0, 0.1) is 10.1 Å². The van der Waals surface area contributed by atoms with Gasteiger partial charge in [0.15, 0.2) is 22.9 Å². The highest BCUT2D eigenvalue weighted by molar-refractivity contribution is 7.87. The molecule has 0 saturated carbocycles. The van der Waals surface area contributed by atoms with Gasteiger partial charge in [-0.1, -0.05) is 0 Å². The average Bonchev–Trinajstić information content (AvgIpc) is 1.37. The Morgan fingerprint density at radius 1 is 0.472 bits per heavy atom. The van der Waals surface area contributed by atoms with Crippen molar-refractivity contribution in [2.45, 2.75) is 34.3 Å². The standard InChI is InChI=1S/C42H28N12O28S7/c43-33-26(15-28(85(68,69)70)22-14-31(88(77,78)79)35(39(56)32(22)33)50-45-23-9-6-19(84(65,66)67)12-27(23)54(60)61)48-47-25-10-7-20-21(40(25)89(80,81)82)13-30(87(74,75)76)34(38(20)55)49-44-16-1-8-24(29(11-16)86(71,72)73)46-51-36-37(42(58)59)52-53(41(36)57)17-2-4-18(5-3-17)83(62,63)64/h1-15,55-57H,43H2,(H,58,59)(H,62,63,64)(H,65,66,67)(H,68,69,70)(H,71,72,73)(H,74,75,76)(H,77,78,79)(H,80,81,82)/b48-47?,49-44-,50-45-,51-46?. The summed E-state index contributed by atoms with van der Waals surface area (Å²) in [5, 5.41) is 83.3.